The highest BCUT2D eigenvalue weighted by molar-refractivity contribution is 5.10. The molecule has 4 rings (SSSR count). The Kier molecular flexibility index (Phi) is 3.11. The Hall–Kier alpha value is -0.870. The van der Waals surface area contributed by atoms with Gasteiger partial charge in [0.1, 0.15) is 0 Å². The number of likely N-dealkylation sites (tertiary alicyclic amines) is 1. The summed E-state index contributed by atoms with van der Waals surface area (Å²) in [5.41, 5.74) is 2.11. The van der Waals surface area contributed by atoms with E-state index in [1.54, 1.807) is 0 Å². The highest BCUT2D eigenvalue weighted by atomic mass is 15.3. The predicted molar refractivity (Wildman–Crippen MR) is 79.7 cm³/mol. The fraction of sp³-hybridized carbons (Fsp3) is 0.812. The number of aromatic nitrogens is 2. The average Bonchev–Trinajstić information content (AvgIpc) is 3.06. The van der Waals surface area contributed by atoms with Crippen LogP contribution in [0.1, 0.15) is 43.7 Å². The largest absolute Gasteiger partial charge is 0.316 e. The SMILES string of the molecule is Cn1nccc1C1CCN([C@H]2C[C@]3(CCNC3)C2)CC1. The van der Waals surface area contributed by atoms with E-state index in [1.165, 1.54) is 64.0 Å². The summed E-state index contributed by atoms with van der Waals surface area (Å²) in [7, 11) is 2.07. The van der Waals surface area contributed by atoms with Crippen LogP contribution in [-0.2, 0) is 7.05 Å². The van der Waals surface area contributed by atoms with Crippen molar-refractivity contribution in [1.29, 1.82) is 0 Å². The molecule has 4 heteroatoms. The number of hydrogen-bond acceptors (Lipinski definition) is 3. The Morgan fingerprint density at radius 1 is 1.30 bits per heavy atom. The maximum Gasteiger partial charge on any atom is 0.0492 e. The maximum atomic E-state index is 4.32. The van der Waals surface area contributed by atoms with Crippen molar-refractivity contribution >= 4 is 0 Å². The molecule has 1 saturated carbocycles. The van der Waals surface area contributed by atoms with Crippen LogP contribution in [0.2, 0.25) is 0 Å². The minimum absolute atomic E-state index is 0.684. The van der Waals surface area contributed by atoms with Gasteiger partial charge >= 0.3 is 0 Å². The minimum atomic E-state index is 0.684. The zero-order valence-corrected chi connectivity index (χ0v) is 12.5. The molecule has 1 spiro atoms. The molecule has 1 aromatic heterocycles. The predicted octanol–water partition coefficient (Wildman–Crippen LogP) is 1.74. The first kappa shape index (κ1) is 12.8. The van der Waals surface area contributed by atoms with Crippen LogP contribution >= 0.6 is 0 Å². The molecule has 2 saturated heterocycles. The van der Waals surface area contributed by atoms with E-state index in [-0.39, 0.29) is 0 Å². The quantitative estimate of drug-likeness (QED) is 0.892. The molecule has 1 N–H and O–H groups in total. The monoisotopic (exact) mass is 274 g/mol. The van der Waals surface area contributed by atoms with Gasteiger partial charge in [-0.2, -0.15) is 5.10 Å². The van der Waals surface area contributed by atoms with Crippen molar-refractivity contribution in [3.8, 4) is 0 Å². The number of piperidine rings is 1. The van der Waals surface area contributed by atoms with E-state index in [2.05, 4.69) is 33.1 Å². The summed E-state index contributed by atoms with van der Waals surface area (Å²) in [6.45, 7) is 5.08. The molecule has 1 aromatic rings. The van der Waals surface area contributed by atoms with Gasteiger partial charge in [0.25, 0.3) is 0 Å². The summed E-state index contributed by atoms with van der Waals surface area (Å²) < 4.78 is 2.06. The van der Waals surface area contributed by atoms with E-state index in [4.69, 9.17) is 0 Å². The number of nitrogens with zero attached hydrogens (tertiary/aromatic N) is 3. The Morgan fingerprint density at radius 2 is 2.10 bits per heavy atom. The Labute approximate surface area is 121 Å². The third-order valence-electron chi connectivity index (χ3n) is 5.99. The van der Waals surface area contributed by atoms with Gasteiger partial charge in [0.15, 0.2) is 0 Å². The summed E-state index contributed by atoms with van der Waals surface area (Å²) in [4.78, 5) is 2.76. The average molecular weight is 274 g/mol. The van der Waals surface area contributed by atoms with Crippen molar-refractivity contribution in [3.05, 3.63) is 18.0 Å². The van der Waals surface area contributed by atoms with Crippen molar-refractivity contribution in [2.24, 2.45) is 12.5 Å². The fourth-order valence-corrected chi connectivity index (χ4v) is 4.69. The summed E-state index contributed by atoms with van der Waals surface area (Å²) in [5.74, 6) is 0.723. The van der Waals surface area contributed by atoms with Gasteiger partial charge in [0, 0.05) is 37.4 Å². The first-order chi connectivity index (χ1) is 9.76. The lowest BCUT2D eigenvalue weighted by Crippen LogP contribution is -2.53. The van der Waals surface area contributed by atoms with Crippen LogP contribution < -0.4 is 5.32 Å². The number of rotatable bonds is 2. The summed E-state index contributed by atoms with van der Waals surface area (Å²) in [5, 5.41) is 7.86. The van der Waals surface area contributed by atoms with Crippen LogP contribution in [0.4, 0.5) is 0 Å². The zero-order valence-electron chi connectivity index (χ0n) is 12.5. The number of hydrogen-bond donors (Lipinski definition) is 1. The summed E-state index contributed by atoms with van der Waals surface area (Å²) >= 11 is 0. The van der Waals surface area contributed by atoms with Crippen LogP contribution in [0.3, 0.4) is 0 Å². The smallest absolute Gasteiger partial charge is 0.0492 e. The summed E-state index contributed by atoms with van der Waals surface area (Å²) in [6, 6.07) is 3.07. The van der Waals surface area contributed by atoms with Crippen molar-refractivity contribution in [3.63, 3.8) is 0 Å². The first-order valence-electron chi connectivity index (χ1n) is 8.18. The van der Waals surface area contributed by atoms with E-state index in [9.17, 15) is 0 Å². The van der Waals surface area contributed by atoms with Crippen LogP contribution in [0.5, 0.6) is 0 Å². The molecule has 0 atom stereocenters. The number of aryl methyl sites for hydroxylation is 1. The lowest BCUT2D eigenvalue weighted by Gasteiger charge is -2.51. The molecule has 0 bridgehead atoms. The minimum Gasteiger partial charge on any atom is -0.316 e. The fourth-order valence-electron chi connectivity index (χ4n) is 4.69. The molecule has 3 fully saturated rings. The lowest BCUT2D eigenvalue weighted by atomic mass is 9.64. The normalized spacial score (nSPS) is 35.5. The van der Waals surface area contributed by atoms with E-state index in [0.717, 1.165) is 12.0 Å². The molecule has 0 amide bonds. The van der Waals surface area contributed by atoms with Gasteiger partial charge in [-0.3, -0.25) is 4.68 Å². The molecule has 20 heavy (non-hydrogen) atoms. The topological polar surface area (TPSA) is 33.1 Å². The third-order valence-corrected chi connectivity index (χ3v) is 5.99. The van der Waals surface area contributed by atoms with E-state index < -0.39 is 0 Å². The zero-order chi connectivity index (χ0) is 13.6. The molecular weight excluding hydrogens is 248 g/mol. The van der Waals surface area contributed by atoms with Crippen molar-refractivity contribution in [2.45, 2.75) is 44.1 Å². The van der Waals surface area contributed by atoms with Crippen LogP contribution in [0.15, 0.2) is 12.3 Å². The van der Waals surface area contributed by atoms with Crippen molar-refractivity contribution in [1.82, 2.24) is 20.0 Å². The van der Waals surface area contributed by atoms with Crippen molar-refractivity contribution < 1.29 is 0 Å². The molecule has 3 aliphatic rings. The van der Waals surface area contributed by atoms with Gasteiger partial charge in [0.2, 0.25) is 0 Å². The third kappa shape index (κ3) is 2.09. The summed E-state index contributed by atoms with van der Waals surface area (Å²) in [6.07, 6.45) is 8.84. The van der Waals surface area contributed by atoms with E-state index in [1.807, 2.05) is 6.20 Å². The molecule has 3 heterocycles. The van der Waals surface area contributed by atoms with Gasteiger partial charge in [-0.15, -0.1) is 0 Å². The number of nitrogens with one attached hydrogen (secondary N) is 1. The van der Waals surface area contributed by atoms with Crippen molar-refractivity contribution in [2.75, 3.05) is 26.2 Å². The molecule has 2 aliphatic heterocycles. The van der Waals surface area contributed by atoms with Gasteiger partial charge in [-0.05, 0) is 63.2 Å². The lowest BCUT2D eigenvalue weighted by molar-refractivity contribution is 0.00132. The van der Waals surface area contributed by atoms with Gasteiger partial charge < -0.3 is 10.2 Å². The van der Waals surface area contributed by atoms with Crippen LogP contribution in [0.25, 0.3) is 0 Å². The van der Waals surface area contributed by atoms with Crippen LogP contribution in [0, 0.1) is 5.41 Å². The van der Waals surface area contributed by atoms with Gasteiger partial charge in [-0.1, -0.05) is 0 Å². The second-order valence-corrected chi connectivity index (χ2v) is 7.18. The highest BCUT2D eigenvalue weighted by Crippen LogP contribution is 2.48. The van der Waals surface area contributed by atoms with Gasteiger partial charge in [0.05, 0.1) is 0 Å². The Morgan fingerprint density at radius 3 is 2.70 bits per heavy atom. The first-order valence-corrected chi connectivity index (χ1v) is 8.18. The molecule has 110 valence electrons. The van der Waals surface area contributed by atoms with Gasteiger partial charge in [-0.25, -0.2) is 0 Å². The Bertz CT molecular complexity index is 459. The second-order valence-electron chi connectivity index (χ2n) is 7.18. The second kappa shape index (κ2) is 4.85. The molecular formula is C16H26N4. The molecule has 4 nitrogen and oxygen atoms in total. The highest BCUT2D eigenvalue weighted by Gasteiger charge is 2.48. The molecule has 1 aliphatic carbocycles. The van der Waals surface area contributed by atoms with E-state index >= 15 is 0 Å². The van der Waals surface area contributed by atoms with Crippen LogP contribution in [-0.4, -0.2) is 46.9 Å². The van der Waals surface area contributed by atoms with E-state index in [0.29, 0.717) is 5.41 Å². The molecule has 0 aromatic carbocycles. The maximum absolute atomic E-state index is 4.32. The standard InChI is InChI=1S/C16H26N4/c1-19-15(2-6-18-19)13-3-8-20(9-4-13)14-10-16(11-14)5-7-17-12-16/h2,6,13-14,17H,3-5,7-12H2,1H3/t14-,16+. The molecule has 0 radical (unpaired) electrons. The Balaban J connectivity index is 1.31. The molecule has 0 unspecified atom stereocenters.